The van der Waals surface area contributed by atoms with Crippen LogP contribution in [0.1, 0.15) is 11.1 Å². The Morgan fingerprint density at radius 3 is 2.81 bits per heavy atom. The van der Waals surface area contributed by atoms with E-state index in [2.05, 4.69) is 34.5 Å². The molecule has 1 aromatic heterocycles. The van der Waals surface area contributed by atoms with Crippen molar-refractivity contribution in [2.75, 3.05) is 18.9 Å². The Kier molecular flexibility index (Phi) is 5.65. The Labute approximate surface area is 157 Å². The molecule has 26 heavy (non-hydrogen) atoms. The molecule has 0 aliphatic heterocycles. The average Bonchev–Trinajstić information content (AvgIpc) is 3.11. The van der Waals surface area contributed by atoms with Gasteiger partial charge in [0.05, 0.1) is 18.4 Å². The highest BCUT2D eigenvalue weighted by atomic mass is 35.5. The van der Waals surface area contributed by atoms with Gasteiger partial charge < -0.3 is 10.2 Å². The van der Waals surface area contributed by atoms with Crippen LogP contribution in [0.5, 0.6) is 0 Å². The zero-order valence-corrected chi connectivity index (χ0v) is 15.5. The van der Waals surface area contributed by atoms with Crippen LogP contribution in [0, 0.1) is 6.92 Å². The Morgan fingerprint density at radius 1 is 1.27 bits per heavy atom. The standard InChI is InChI=1S/C19H20ClN5O/c1-14-5-3-4-6-15(14)10-24(2)11-19(26)23-17-9-16(20)7-8-18(17)25-13-21-12-22-25/h3-9,12-13H,10-11H2,1-2H3,(H,23,26)/p+1. The average molecular weight is 371 g/mol. The number of hydrogen-bond donors (Lipinski definition) is 2. The van der Waals surface area contributed by atoms with Crippen LogP contribution in [-0.4, -0.2) is 34.3 Å². The van der Waals surface area contributed by atoms with E-state index in [1.807, 2.05) is 19.2 Å². The number of halogens is 1. The minimum Gasteiger partial charge on any atom is -0.326 e. The number of quaternary nitrogens is 1. The van der Waals surface area contributed by atoms with Gasteiger partial charge >= 0.3 is 0 Å². The predicted octanol–water partition coefficient (Wildman–Crippen LogP) is 1.88. The van der Waals surface area contributed by atoms with Crippen LogP contribution in [0.2, 0.25) is 5.02 Å². The number of nitrogens with one attached hydrogen (secondary N) is 2. The summed E-state index contributed by atoms with van der Waals surface area (Å²) in [5.74, 6) is -0.0836. The van der Waals surface area contributed by atoms with E-state index >= 15 is 0 Å². The molecule has 3 aromatic rings. The first-order valence-corrected chi connectivity index (χ1v) is 8.71. The van der Waals surface area contributed by atoms with Crippen molar-refractivity contribution in [3.05, 3.63) is 71.3 Å². The Balaban J connectivity index is 1.68. The Hall–Kier alpha value is -2.70. The van der Waals surface area contributed by atoms with Gasteiger partial charge in [-0.05, 0) is 30.7 Å². The molecule has 1 unspecified atom stereocenters. The lowest BCUT2D eigenvalue weighted by atomic mass is 10.1. The van der Waals surface area contributed by atoms with Crippen molar-refractivity contribution in [1.29, 1.82) is 0 Å². The Morgan fingerprint density at radius 2 is 2.08 bits per heavy atom. The van der Waals surface area contributed by atoms with E-state index in [4.69, 9.17) is 11.6 Å². The van der Waals surface area contributed by atoms with Crippen LogP contribution >= 0.6 is 11.6 Å². The second kappa shape index (κ2) is 8.12. The lowest BCUT2D eigenvalue weighted by Crippen LogP contribution is -3.08. The molecule has 7 heteroatoms. The number of carbonyl (C=O) groups excluding carboxylic acids is 1. The van der Waals surface area contributed by atoms with Gasteiger partial charge in [0.25, 0.3) is 5.91 Å². The fourth-order valence-corrected chi connectivity index (χ4v) is 2.98. The Bertz CT molecular complexity index is 895. The third-order valence-corrected chi connectivity index (χ3v) is 4.35. The summed E-state index contributed by atoms with van der Waals surface area (Å²) in [6.07, 6.45) is 3.02. The molecule has 0 aliphatic carbocycles. The van der Waals surface area contributed by atoms with Crippen molar-refractivity contribution < 1.29 is 9.69 Å². The van der Waals surface area contributed by atoms with E-state index < -0.39 is 0 Å². The molecule has 134 valence electrons. The topological polar surface area (TPSA) is 64.2 Å². The molecule has 0 bridgehead atoms. The first-order chi connectivity index (χ1) is 12.5. The normalized spacial score (nSPS) is 12.0. The van der Waals surface area contributed by atoms with Crippen molar-refractivity contribution in [3.63, 3.8) is 0 Å². The van der Waals surface area contributed by atoms with Gasteiger partial charge in [0.1, 0.15) is 19.2 Å². The number of aryl methyl sites for hydroxylation is 1. The lowest BCUT2D eigenvalue weighted by Gasteiger charge is -2.16. The number of rotatable bonds is 6. The molecule has 0 aliphatic rings. The number of anilines is 1. The van der Waals surface area contributed by atoms with E-state index in [1.54, 1.807) is 29.2 Å². The molecule has 0 fully saturated rings. The van der Waals surface area contributed by atoms with E-state index in [-0.39, 0.29) is 5.91 Å². The maximum Gasteiger partial charge on any atom is 0.279 e. The molecule has 2 N–H and O–H groups in total. The molecular weight excluding hydrogens is 350 g/mol. The van der Waals surface area contributed by atoms with Gasteiger partial charge in [-0.25, -0.2) is 9.67 Å². The molecule has 0 saturated heterocycles. The summed E-state index contributed by atoms with van der Waals surface area (Å²) in [4.78, 5) is 17.6. The number of likely N-dealkylation sites (N-methyl/N-ethyl adjacent to an activating group) is 1. The molecule has 1 amide bonds. The molecule has 3 rings (SSSR count). The van der Waals surface area contributed by atoms with Crippen molar-refractivity contribution in [2.45, 2.75) is 13.5 Å². The van der Waals surface area contributed by atoms with Crippen molar-refractivity contribution in [1.82, 2.24) is 14.8 Å². The van der Waals surface area contributed by atoms with Gasteiger partial charge in [-0.15, -0.1) is 0 Å². The molecule has 2 aromatic carbocycles. The van der Waals surface area contributed by atoms with Crippen LogP contribution in [0.3, 0.4) is 0 Å². The van der Waals surface area contributed by atoms with E-state index in [9.17, 15) is 4.79 Å². The molecule has 6 nitrogen and oxygen atoms in total. The fraction of sp³-hybridized carbons (Fsp3) is 0.211. The molecule has 0 radical (unpaired) electrons. The predicted molar refractivity (Wildman–Crippen MR) is 102 cm³/mol. The third-order valence-electron chi connectivity index (χ3n) is 4.11. The number of aromatic nitrogens is 3. The molecule has 1 atom stereocenters. The van der Waals surface area contributed by atoms with Crippen molar-refractivity contribution >= 4 is 23.2 Å². The largest absolute Gasteiger partial charge is 0.326 e. The number of nitrogens with zero attached hydrogens (tertiary/aromatic N) is 3. The van der Waals surface area contributed by atoms with Crippen molar-refractivity contribution in [3.8, 4) is 5.69 Å². The first kappa shape index (κ1) is 18.1. The summed E-state index contributed by atoms with van der Waals surface area (Å²) >= 11 is 6.09. The molecule has 0 spiro atoms. The summed E-state index contributed by atoms with van der Waals surface area (Å²) in [5, 5.41) is 7.60. The second-order valence-corrected chi connectivity index (χ2v) is 6.72. The number of amides is 1. The van der Waals surface area contributed by atoms with Gasteiger partial charge in [0, 0.05) is 10.6 Å². The van der Waals surface area contributed by atoms with Crippen LogP contribution < -0.4 is 10.2 Å². The monoisotopic (exact) mass is 370 g/mol. The summed E-state index contributed by atoms with van der Waals surface area (Å²) in [7, 11) is 2.00. The van der Waals surface area contributed by atoms with Gasteiger partial charge in [0.2, 0.25) is 0 Å². The first-order valence-electron chi connectivity index (χ1n) is 8.33. The maximum absolute atomic E-state index is 12.5. The third kappa shape index (κ3) is 4.47. The quantitative estimate of drug-likeness (QED) is 0.696. The zero-order valence-electron chi connectivity index (χ0n) is 14.7. The van der Waals surface area contributed by atoms with E-state index in [0.717, 1.165) is 17.1 Å². The molecular formula is C19H21ClN5O+. The summed E-state index contributed by atoms with van der Waals surface area (Å²) in [6, 6.07) is 13.5. The summed E-state index contributed by atoms with van der Waals surface area (Å²) in [5.41, 5.74) is 3.80. The highest BCUT2D eigenvalue weighted by Crippen LogP contribution is 2.23. The maximum atomic E-state index is 12.5. The SMILES string of the molecule is Cc1ccccc1C[NH+](C)CC(=O)Nc1cc(Cl)ccc1-n1cncn1. The van der Waals surface area contributed by atoms with Gasteiger partial charge in [-0.2, -0.15) is 5.10 Å². The highest BCUT2D eigenvalue weighted by molar-refractivity contribution is 6.31. The number of benzene rings is 2. The van der Waals surface area contributed by atoms with Crippen molar-refractivity contribution in [2.24, 2.45) is 0 Å². The zero-order chi connectivity index (χ0) is 18.5. The molecule has 0 saturated carbocycles. The van der Waals surface area contributed by atoms with E-state index in [0.29, 0.717) is 17.3 Å². The second-order valence-electron chi connectivity index (χ2n) is 6.29. The fourth-order valence-electron chi connectivity index (χ4n) is 2.81. The smallest absolute Gasteiger partial charge is 0.279 e. The number of hydrogen-bond acceptors (Lipinski definition) is 3. The van der Waals surface area contributed by atoms with Crippen LogP contribution in [0.15, 0.2) is 55.1 Å². The summed E-state index contributed by atoms with van der Waals surface area (Å²) in [6.45, 7) is 3.21. The van der Waals surface area contributed by atoms with Crippen LogP contribution in [0.25, 0.3) is 5.69 Å². The summed E-state index contributed by atoms with van der Waals surface area (Å²) < 4.78 is 1.59. The van der Waals surface area contributed by atoms with Crippen LogP contribution in [-0.2, 0) is 11.3 Å². The minimum absolute atomic E-state index is 0.0836. The molecule has 1 heterocycles. The number of carbonyl (C=O) groups is 1. The highest BCUT2D eigenvalue weighted by Gasteiger charge is 2.15. The van der Waals surface area contributed by atoms with Gasteiger partial charge in [-0.1, -0.05) is 35.9 Å². The lowest BCUT2D eigenvalue weighted by molar-refractivity contribution is -0.885. The minimum atomic E-state index is -0.0836. The van der Waals surface area contributed by atoms with Gasteiger partial charge in [0.15, 0.2) is 6.54 Å². The van der Waals surface area contributed by atoms with Gasteiger partial charge in [-0.3, -0.25) is 4.79 Å². The van der Waals surface area contributed by atoms with Crippen LogP contribution in [0.4, 0.5) is 5.69 Å². The van der Waals surface area contributed by atoms with E-state index in [1.165, 1.54) is 17.5 Å².